The molecule has 6 nitrogen and oxygen atoms in total. The zero-order valence-electron chi connectivity index (χ0n) is 14.0. The minimum atomic E-state index is -0.0772. The minimum absolute atomic E-state index is 0.0660. The van der Waals surface area contributed by atoms with Gasteiger partial charge in [0.25, 0.3) is 5.91 Å². The van der Waals surface area contributed by atoms with Crippen LogP contribution in [-0.4, -0.2) is 57.0 Å². The summed E-state index contributed by atoms with van der Waals surface area (Å²) < 4.78 is 4.90. The SMILES string of the molecule is COCCNC(=O)CSc1ccccc1C(=O)N[C@H]1CCCNC1. The number of rotatable bonds is 8. The average Bonchev–Trinajstić information content (AvgIpc) is 2.61. The number of hydrogen-bond donors (Lipinski definition) is 3. The molecule has 1 aliphatic rings. The second-order valence-corrected chi connectivity index (χ2v) is 6.66. The lowest BCUT2D eigenvalue weighted by atomic mass is 10.1. The molecule has 0 spiro atoms. The molecule has 1 aliphatic heterocycles. The van der Waals surface area contributed by atoms with Crippen molar-refractivity contribution in [2.45, 2.75) is 23.8 Å². The molecular weight excluding hydrogens is 326 g/mol. The molecule has 7 heteroatoms. The first-order valence-corrected chi connectivity index (χ1v) is 9.18. The Labute approximate surface area is 147 Å². The van der Waals surface area contributed by atoms with Crippen molar-refractivity contribution in [3.05, 3.63) is 29.8 Å². The summed E-state index contributed by atoms with van der Waals surface area (Å²) in [6, 6.07) is 7.57. The Hall–Kier alpha value is -1.57. The fraction of sp³-hybridized carbons (Fsp3) is 0.529. The smallest absolute Gasteiger partial charge is 0.252 e. The van der Waals surface area contributed by atoms with Crippen LogP contribution in [0.2, 0.25) is 0 Å². The number of piperidine rings is 1. The number of methoxy groups -OCH3 is 1. The van der Waals surface area contributed by atoms with E-state index in [1.165, 1.54) is 11.8 Å². The van der Waals surface area contributed by atoms with E-state index in [9.17, 15) is 9.59 Å². The lowest BCUT2D eigenvalue weighted by Gasteiger charge is -2.24. The zero-order chi connectivity index (χ0) is 17.2. The van der Waals surface area contributed by atoms with Gasteiger partial charge < -0.3 is 20.7 Å². The van der Waals surface area contributed by atoms with Crippen LogP contribution in [0, 0.1) is 0 Å². The number of amides is 2. The van der Waals surface area contributed by atoms with Crippen LogP contribution in [0.25, 0.3) is 0 Å². The van der Waals surface area contributed by atoms with E-state index in [0.717, 1.165) is 30.8 Å². The molecule has 0 bridgehead atoms. The Kier molecular flexibility index (Phi) is 8.07. The molecule has 0 saturated carbocycles. The molecule has 0 aromatic heterocycles. The van der Waals surface area contributed by atoms with Gasteiger partial charge in [0.05, 0.1) is 17.9 Å². The Morgan fingerprint density at radius 1 is 1.38 bits per heavy atom. The van der Waals surface area contributed by atoms with E-state index in [-0.39, 0.29) is 23.6 Å². The highest BCUT2D eigenvalue weighted by molar-refractivity contribution is 8.00. The molecule has 1 atom stereocenters. The summed E-state index contributed by atoms with van der Waals surface area (Å²) in [5.41, 5.74) is 0.623. The van der Waals surface area contributed by atoms with E-state index < -0.39 is 0 Å². The number of thioether (sulfide) groups is 1. The van der Waals surface area contributed by atoms with Gasteiger partial charge in [0.15, 0.2) is 0 Å². The van der Waals surface area contributed by atoms with Crippen molar-refractivity contribution >= 4 is 23.6 Å². The van der Waals surface area contributed by atoms with Crippen molar-refractivity contribution in [3.8, 4) is 0 Å². The zero-order valence-corrected chi connectivity index (χ0v) is 14.8. The van der Waals surface area contributed by atoms with Crippen LogP contribution >= 0.6 is 11.8 Å². The van der Waals surface area contributed by atoms with Gasteiger partial charge in [-0.2, -0.15) is 0 Å². The van der Waals surface area contributed by atoms with Crippen LogP contribution in [0.3, 0.4) is 0 Å². The van der Waals surface area contributed by atoms with Gasteiger partial charge in [-0.3, -0.25) is 9.59 Å². The number of carbonyl (C=O) groups is 2. The topological polar surface area (TPSA) is 79.5 Å². The lowest BCUT2D eigenvalue weighted by molar-refractivity contribution is -0.118. The summed E-state index contributed by atoms with van der Waals surface area (Å²) in [5.74, 6) is 0.134. The molecule has 1 saturated heterocycles. The van der Waals surface area contributed by atoms with Gasteiger partial charge in [-0.1, -0.05) is 12.1 Å². The first-order valence-electron chi connectivity index (χ1n) is 8.19. The average molecular weight is 351 g/mol. The molecule has 0 radical (unpaired) electrons. The van der Waals surface area contributed by atoms with Gasteiger partial charge in [-0.25, -0.2) is 0 Å². The molecule has 1 aromatic rings. The number of nitrogens with one attached hydrogen (secondary N) is 3. The monoisotopic (exact) mass is 351 g/mol. The van der Waals surface area contributed by atoms with Gasteiger partial charge in [-0.15, -0.1) is 11.8 Å². The van der Waals surface area contributed by atoms with Crippen LogP contribution < -0.4 is 16.0 Å². The normalized spacial score (nSPS) is 17.3. The van der Waals surface area contributed by atoms with Crippen LogP contribution in [0.15, 0.2) is 29.2 Å². The highest BCUT2D eigenvalue weighted by atomic mass is 32.2. The van der Waals surface area contributed by atoms with Crippen LogP contribution in [0.1, 0.15) is 23.2 Å². The third-order valence-corrected chi connectivity index (χ3v) is 4.82. The van der Waals surface area contributed by atoms with E-state index in [1.807, 2.05) is 18.2 Å². The van der Waals surface area contributed by atoms with Crippen molar-refractivity contribution in [1.29, 1.82) is 0 Å². The Morgan fingerprint density at radius 3 is 2.96 bits per heavy atom. The maximum atomic E-state index is 12.5. The molecule has 132 valence electrons. The summed E-state index contributed by atoms with van der Waals surface area (Å²) in [6.07, 6.45) is 2.07. The summed E-state index contributed by atoms with van der Waals surface area (Å²) in [6.45, 7) is 2.80. The second kappa shape index (κ2) is 10.3. The van der Waals surface area contributed by atoms with Crippen LogP contribution in [0.5, 0.6) is 0 Å². The van der Waals surface area contributed by atoms with E-state index in [0.29, 0.717) is 18.7 Å². The maximum Gasteiger partial charge on any atom is 0.252 e. The fourth-order valence-corrected chi connectivity index (χ4v) is 3.38. The van der Waals surface area contributed by atoms with E-state index in [4.69, 9.17) is 4.74 Å². The van der Waals surface area contributed by atoms with Crippen molar-refractivity contribution in [2.24, 2.45) is 0 Å². The quantitative estimate of drug-likeness (QED) is 0.481. The summed E-state index contributed by atoms with van der Waals surface area (Å²) in [4.78, 5) is 25.1. The van der Waals surface area contributed by atoms with Crippen LogP contribution in [-0.2, 0) is 9.53 Å². The predicted octanol–water partition coefficient (Wildman–Crippen LogP) is 1.02. The molecular formula is C17H25N3O3S. The third-order valence-electron chi connectivity index (χ3n) is 3.75. The summed E-state index contributed by atoms with van der Waals surface area (Å²) >= 11 is 1.37. The largest absolute Gasteiger partial charge is 0.383 e. The Morgan fingerprint density at radius 2 is 2.21 bits per heavy atom. The molecule has 3 N–H and O–H groups in total. The molecule has 2 amide bonds. The maximum absolute atomic E-state index is 12.5. The molecule has 1 heterocycles. The predicted molar refractivity (Wildman–Crippen MR) is 95.4 cm³/mol. The van der Waals surface area contributed by atoms with Gasteiger partial charge in [0.2, 0.25) is 5.91 Å². The van der Waals surface area contributed by atoms with Gasteiger partial charge in [0.1, 0.15) is 0 Å². The lowest BCUT2D eigenvalue weighted by Crippen LogP contribution is -2.45. The third kappa shape index (κ3) is 6.14. The first-order chi connectivity index (χ1) is 11.7. The van der Waals surface area contributed by atoms with Gasteiger partial charge >= 0.3 is 0 Å². The number of hydrogen-bond acceptors (Lipinski definition) is 5. The number of ether oxygens (including phenoxy) is 1. The Balaban J connectivity index is 1.89. The number of carbonyl (C=O) groups excluding carboxylic acids is 2. The van der Waals surface area contributed by atoms with Crippen molar-refractivity contribution in [1.82, 2.24) is 16.0 Å². The fourth-order valence-electron chi connectivity index (χ4n) is 2.51. The standard InChI is InChI=1S/C17H25N3O3S/c1-23-10-9-19-16(21)12-24-15-7-3-2-6-14(15)17(22)20-13-5-4-8-18-11-13/h2-3,6-7,13,18H,4-5,8-12H2,1H3,(H,19,21)(H,20,22)/t13-/m0/s1. The van der Waals surface area contributed by atoms with Crippen molar-refractivity contribution < 1.29 is 14.3 Å². The Bertz CT molecular complexity index is 548. The number of benzene rings is 1. The van der Waals surface area contributed by atoms with Gasteiger partial charge in [-0.05, 0) is 31.5 Å². The summed E-state index contributed by atoms with van der Waals surface area (Å²) in [7, 11) is 1.59. The molecule has 0 aliphatic carbocycles. The highest BCUT2D eigenvalue weighted by Crippen LogP contribution is 2.22. The van der Waals surface area contributed by atoms with Crippen LogP contribution in [0.4, 0.5) is 0 Å². The van der Waals surface area contributed by atoms with E-state index in [1.54, 1.807) is 13.2 Å². The first kappa shape index (κ1) is 18.8. The second-order valence-electron chi connectivity index (χ2n) is 5.64. The molecule has 1 fully saturated rings. The van der Waals surface area contributed by atoms with Crippen molar-refractivity contribution in [2.75, 3.05) is 39.1 Å². The molecule has 2 rings (SSSR count). The van der Waals surface area contributed by atoms with Gasteiger partial charge in [0, 0.05) is 31.1 Å². The molecule has 0 unspecified atom stereocenters. The molecule has 24 heavy (non-hydrogen) atoms. The summed E-state index contributed by atoms with van der Waals surface area (Å²) in [5, 5.41) is 9.14. The van der Waals surface area contributed by atoms with E-state index in [2.05, 4.69) is 16.0 Å². The van der Waals surface area contributed by atoms with E-state index >= 15 is 0 Å². The van der Waals surface area contributed by atoms with Crippen molar-refractivity contribution in [3.63, 3.8) is 0 Å². The molecule has 1 aromatic carbocycles. The minimum Gasteiger partial charge on any atom is -0.383 e. The highest BCUT2D eigenvalue weighted by Gasteiger charge is 2.18.